The van der Waals surface area contributed by atoms with Gasteiger partial charge in [0, 0.05) is 19.2 Å². The first kappa shape index (κ1) is 11.5. The summed E-state index contributed by atoms with van der Waals surface area (Å²) in [5.74, 6) is 0.153. The number of nitrogens with one attached hydrogen (secondary N) is 1. The van der Waals surface area contributed by atoms with Crippen LogP contribution in [0, 0.1) is 0 Å². The number of morpholine rings is 1. The molecule has 0 amide bonds. The van der Waals surface area contributed by atoms with Crippen LogP contribution in [0.2, 0.25) is 0 Å². The molecule has 0 aliphatic carbocycles. The molecule has 1 aliphatic rings. The fourth-order valence-electron chi connectivity index (χ4n) is 1.71. The van der Waals surface area contributed by atoms with Gasteiger partial charge in [0.05, 0.1) is 29.1 Å². The van der Waals surface area contributed by atoms with E-state index in [1.807, 2.05) is 4.90 Å². The summed E-state index contributed by atoms with van der Waals surface area (Å²) in [4.78, 5) is 2.05. The maximum atomic E-state index is 9.64. The van der Waals surface area contributed by atoms with E-state index < -0.39 is 0 Å². The van der Waals surface area contributed by atoms with Crippen molar-refractivity contribution in [2.45, 2.75) is 0 Å². The Labute approximate surface area is 102 Å². The number of hydrogen-bond acceptors (Lipinski definition) is 5. The minimum Gasteiger partial charge on any atom is -0.507 e. The SMILES string of the molecule is ONc1cc(Br)c(O)cc1N1CCOCC1. The van der Waals surface area contributed by atoms with Crippen molar-refractivity contribution < 1.29 is 15.1 Å². The highest BCUT2D eigenvalue weighted by molar-refractivity contribution is 9.10. The molecule has 0 radical (unpaired) electrons. The number of anilines is 2. The van der Waals surface area contributed by atoms with E-state index >= 15 is 0 Å². The highest BCUT2D eigenvalue weighted by Crippen LogP contribution is 2.36. The quantitative estimate of drug-likeness (QED) is 0.572. The smallest absolute Gasteiger partial charge is 0.131 e. The van der Waals surface area contributed by atoms with Gasteiger partial charge in [-0.2, -0.15) is 0 Å². The number of hydrogen-bond donors (Lipinski definition) is 3. The zero-order chi connectivity index (χ0) is 11.5. The molecule has 1 aromatic rings. The van der Waals surface area contributed by atoms with Crippen molar-refractivity contribution >= 4 is 27.3 Å². The largest absolute Gasteiger partial charge is 0.507 e. The van der Waals surface area contributed by atoms with Crippen molar-refractivity contribution in [1.29, 1.82) is 0 Å². The molecule has 0 bridgehead atoms. The Morgan fingerprint density at radius 2 is 2.00 bits per heavy atom. The van der Waals surface area contributed by atoms with Crippen LogP contribution in [0.3, 0.4) is 0 Å². The van der Waals surface area contributed by atoms with Crippen molar-refractivity contribution in [3.63, 3.8) is 0 Å². The molecule has 3 N–H and O–H groups in total. The van der Waals surface area contributed by atoms with Crippen LogP contribution in [0.15, 0.2) is 16.6 Å². The lowest BCUT2D eigenvalue weighted by molar-refractivity contribution is 0.122. The van der Waals surface area contributed by atoms with Crippen molar-refractivity contribution in [3.05, 3.63) is 16.6 Å². The molecule has 2 rings (SSSR count). The summed E-state index contributed by atoms with van der Waals surface area (Å²) < 4.78 is 5.79. The predicted molar refractivity (Wildman–Crippen MR) is 64.2 cm³/mol. The molecule has 0 saturated carbocycles. The normalized spacial score (nSPS) is 16.2. The van der Waals surface area contributed by atoms with Crippen LogP contribution >= 0.6 is 15.9 Å². The molecule has 0 unspecified atom stereocenters. The monoisotopic (exact) mass is 288 g/mol. The third-order valence-corrected chi connectivity index (χ3v) is 3.17. The number of phenols is 1. The second kappa shape index (κ2) is 4.90. The van der Waals surface area contributed by atoms with Gasteiger partial charge in [-0.15, -0.1) is 0 Å². The van der Waals surface area contributed by atoms with Crippen LogP contribution in [0.5, 0.6) is 5.75 Å². The van der Waals surface area contributed by atoms with Crippen LogP contribution < -0.4 is 10.4 Å². The third-order valence-electron chi connectivity index (χ3n) is 2.54. The molecular formula is C10H13BrN2O3. The van der Waals surface area contributed by atoms with Crippen molar-refractivity contribution in [3.8, 4) is 5.75 Å². The standard InChI is InChI=1S/C10H13BrN2O3/c11-7-5-8(12-15)9(6-10(7)14)13-1-3-16-4-2-13/h5-6,12,14-15H,1-4H2. The molecule has 1 aromatic carbocycles. The Morgan fingerprint density at radius 3 is 2.62 bits per heavy atom. The molecule has 88 valence electrons. The number of benzene rings is 1. The van der Waals surface area contributed by atoms with Gasteiger partial charge in [-0.3, -0.25) is 10.7 Å². The van der Waals surface area contributed by atoms with Crippen LogP contribution in [0.4, 0.5) is 11.4 Å². The van der Waals surface area contributed by atoms with Gasteiger partial charge >= 0.3 is 0 Å². The lowest BCUT2D eigenvalue weighted by Crippen LogP contribution is -2.36. The molecule has 5 nitrogen and oxygen atoms in total. The second-order valence-corrected chi connectivity index (χ2v) is 4.39. The number of aromatic hydroxyl groups is 1. The molecule has 1 fully saturated rings. The predicted octanol–water partition coefficient (Wildman–Crippen LogP) is 1.79. The Morgan fingerprint density at radius 1 is 1.31 bits per heavy atom. The van der Waals surface area contributed by atoms with Crippen LogP contribution in [0.1, 0.15) is 0 Å². The molecule has 1 saturated heterocycles. The molecule has 0 atom stereocenters. The summed E-state index contributed by atoms with van der Waals surface area (Å²) in [5.41, 5.74) is 3.47. The van der Waals surface area contributed by atoms with Gasteiger partial charge in [-0.1, -0.05) is 0 Å². The topological polar surface area (TPSA) is 65.0 Å². The average Bonchev–Trinajstić information content (AvgIpc) is 2.33. The van der Waals surface area contributed by atoms with Gasteiger partial charge in [0.15, 0.2) is 0 Å². The minimum atomic E-state index is 0.153. The molecule has 1 heterocycles. The summed E-state index contributed by atoms with van der Waals surface area (Å²) in [6.07, 6.45) is 0. The summed E-state index contributed by atoms with van der Waals surface area (Å²) >= 11 is 3.20. The van der Waals surface area contributed by atoms with E-state index in [1.165, 1.54) is 0 Å². The molecule has 0 spiro atoms. The van der Waals surface area contributed by atoms with Crippen molar-refractivity contribution in [2.75, 3.05) is 36.7 Å². The molecule has 16 heavy (non-hydrogen) atoms. The highest BCUT2D eigenvalue weighted by atomic mass is 79.9. The van der Waals surface area contributed by atoms with Gasteiger partial charge < -0.3 is 14.7 Å². The first-order valence-corrected chi connectivity index (χ1v) is 5.77. The van der Waals surface area contributed by atoms with E-state index in [0.717, 1.165) is 18.8 Å². The van der Waals surface area contributed by atoms with E-state index in [4.69, 9.17) is 9.94 Å². The van der Waals surface area contributed by atoms with Gasteiger partial charge in [-0.05, 0) is 22.0 Å². The number of ether oxygens (including phenoxy) is 1. The summed E-state index contributed by atoms with van der Waals surface area (Å²) in [6, 6.07) is 3.26. The van der Waals surface area contributed by atoms with E-state index in [2.05, 4.69) is 21.4 Å². The molecule has 6 heteroatoms. The number of phenolic OH excluding ortho intramolecular Hbond substituents is 1. The van der Waals surface area contributed by atoms with Crippen LogP contribution in [-0.2, 0) is 4.74 Å². The van der Waals surface area contributed by atoms with Gasteiger partial charge in [0.1, 0.15) is 5.75 Å². The third kappa shape index (κ3) is 2.23. The second-order valence-electron chi connectivity index (χ2n) is 3.53. The lowest BCUT2D eigenvalue weighted by Gasteiger charge is -2.30. The molecular weight excluding hydrogens is 276 g/mol. The van der Waals surface area contributed by atoms with Crippen LogP contribution in [0.25, 0.3) is 0 Å². The van der Waals surface area contributed by atoms with E-state index in [9.17, 15) is 5.11 Å². The number of halogens is 1. The maximum Gasteiger partial charge on any atom is 0.131 e. The Bertz CT molecular complexity index is 381. The van der Waals surface area contributed by atoms with E-state index in [1.54, 1.807) is 12.1 Å². The van der Waals surface area contributed by atoms with Gasteiger partial charge in [0.25, 0.3) is 0 Å². The Kier molecular flexibility index (Phi) is 3.52. The maximum absolute atomic E-state index is 9.64. The lowest BCUT2D eigenvalue weighted by atomic mass is 10.2. The minimum absolute atomic E-state index is 0.153. The number of rotatable bonds is 2. The van der Waals surface area contributed by atoms with Gasteiger partial charge in [-0.25, -0.2) is 0 Å². The first-order chi connectivity index (χ1) is 7.72. The van der Waals surface area contributed by atoms with Crippen LogP contribution in [-0.4, -0.2) is 36.6 Å². The summed E-state index contributed by atoms with van der Waals surface area (Å²) in [7, 11) is 0. The molecule has 0 aromatic heterocycles. The first-order valence-electron chi connectivity index (χ1n) is 4.97. The van der Waals surface area contributed by atoms with E-state index in [0.29, 0.717) is 23.4 Å². The summed E-state index contributed by atoms with van der Waals surface area (Å²) in [5, 5.41) is 18.7. The highest BCUT2D eigenvalue weighted by Gasteiger charge is 2.16. The zero-order valence-electron chi connectivity index (χ0n) is 8.61. The molecule has 1 aliphatic heterocycles. The fourth-order valence-corrected chi connectivity index (χ4v) is 2.05. The zero-order valence-corrected chi connectivity index (χ0v) is 10.2. The Balaban J connectivity index is 2.33. The van der Waals surface area contributed by atoms with Crippen molar-refractivity contribution in [2.24, 2.45) is 0 Å². The van der Waals surface area contributed by atoms with E-state index in [-0.39, 0.29) is 5.75 Å². The Hall–Kier alpha value is -0.980. The van der Waals surface area contributed by atoms with Gasteiger partial charge in [0.2, 0.25) is 0 Å². The fraction of sp³-hybridized carbons (Fsp3) is 0.400. The number of nitrogens with zero attached hydrogens (tertiary/aromatic N) is 1. The average molecular weight is 289 g/mol. The van der Waals surface area contributed by atoms with Crippen molar-refractivity contribution in [1.82, 2.24) is 0 Å². The summed E-state index contributed by atoms with van der Waals surface area (Å²) in [6.45, 7) is 2.80.